The molecule has 6 heteroatoms. The van der Waals surface area contributed by atoms with Crippen molar-refractivity contribution < 1.29 is 19.4 Å². The van der Waals surface area contributed by atoms with Crippen molar-refractivity contribution in [1.82, 2.24) is 10.2 Å². The fourth-order valence-corrected chi connectivity index (χ4v) is 4.25. The van der Waals surface area contributed by atoms with E-state index in [1.165, 1.54) is 5.56 Å². The predicted octanol–water partition coefficient (Wildman–Crippen LogP) is 4.24. The molecule has 0 aliphatic carbocycles. The molecule has 3 aromatic carbocycles. The normalized spacial score (nSPS) is 16.5. The fourth-order valence-electron chi connectivity index (χ4n) is 4.25. The van der Waals surface area contributed by atoms with Crippen molar-refractivity contribution in [1.29, 1.82) is 0 Å². The third kappa shape index (κ3) is 5.41. The molecule has 1 amide bonds. The highest BCUT2D eigenvalue weighted by atomic mass is 16.5. The van der Waals surface area contributed by atoms with Crippen molar-refractivity contribution in [2.45, 2.75) is 25.4 Å². The maximum absolute atomic E-state index is 13.5. The molecule has 0 saturated carbocycles. The first-order valence-electron chi connectivity index (χ1n) is 11.2. The summed E-state index contributed by atoms with van der Waals surface area (Å²) in [6.07, 6.45) is 0.886. The highest BCUT2D eigenvalue weighted by Crippen LogP contribution is 2.30. The lowest BCUT2D eigenvalue weighted by Crippen LogP contribution is -2.46. The average molecular weight is 445 g/mol. The lowest BCUT2D eigenvalue weighted by atomic mass is 9.91. The minimum Gasteiger partial charge on any atom is -0.492 e. The van der Waals surface area contributed by atoms with Crippen LogP contribution in [0, 0.1) is 0 Å². The Morgan fingerprint density at radius 1 is 1.03 bits per heavy atom. The number of benzene rings is 3. The number of aromatic carboxylic acids is 1. The van der Waals surface area contributed by atoms with Crippen molar-refractivity contribution in [2.75, 3.05) is 19.7 Å². The van der Waals surface area contributed by atoms with E-state index in [4.69, 9.17) is 9.84 Å². The van der Waals surface area contributed by atoms with E-state index in [9.17, 15) is 9.59 Å². The van der Waals surface area contributed by atoms with Crippen LogP contribution in [-0.2, 0) is 11.2 Å². The van der Waals surface area contributed by atoms with Crippen LogP contribution in [0.4, 0.5) is 0 Å². The Balaban J connectivity index is 1.48. The molecular weight excluding hydrogens is 416 g/mol. The first kappa shape index (κ1) is 22.6. The topological polar surface area (TPSA) is 78.9 Å². The third-order valence-corrected chi connectivity index (χ3v) is 6.04. The smallest absolute Gasteiger partial charge is 0.335 e. The molecule has 1 aliphatic heterocycles. The number of nitrogens with one attached hydrogen (secondary N) is 1. The van der Waals surface area contributed by atoms with E-state index < -0.39 is 12.0 Å². The number of amides is 1. The van der Waals surface area contributed by atoms with Gasteiger partial charge in [-0.2, -0.15) is 0 Å². The van der Waals surface area contributed by atoms with Crippen LogP contribution in [0.2, 0.25) is 0 Å². The number of carboxylic acids is 1. The molecular formula is C27H28N2O4. The maximum Gasteiger partial charge on any atom is 0.335 e. The zero-order chi connectivity index (χ0) is 23.2. The summed E-state index contributed by atoms with van der Waals surface area (Å²) in [6.45, 7) is 3.80. The van der Waals surface area contributed by atoms with E-state index >= 15 is 0 Å². The van der Waals surface area contributed by atoms with Gasteiger partial charge in [-0.15, -0.1) is 0 Å². The van der Waals surface area contributed by atoms with Gasteiger partial charge in [0.25, 0.3) is 0 Å². The van der Waals surface area contributed by atoms with Crippen LogP contribution < -0.4 is 10.1 Å². The van der Waals surface area contributed by atoms with Gasteiger partial charge in [0.05, 0.1) is 11.6 Å². The first-order valence-corrected chi connectivity index (χ1v) is 11.2. The maximum atomic E-state index is 13.5. The SMILES string of the molecule is C[C@H](NC(=O)[C@H]1c2ccccc2CCN1CCOc1ccccc1)c1ccc(C(=O)O)cc1. The Morgan fingerprint density at radius 2 is 1.73 bits per heavy atom. The molecule has 6 nitrogen and oxygen atoms in total. The van der Waals surface area contributed by atoms with E-state index in [0.717, 1.165) is 29.8 Å². The molecule has 170 valence electrons. The molecule has 0 fully saturated rings. The summed E-state index contributed by atoms with van der Waals surface area (Å²) in [5.41, 5.74) is 3.30. The summed E-state index contributed by atoms with van der Waals surface area (Å²) in [5.74, 6) is -0.226. The van der Waals surface area contributed by atoms with Crippen molar-refractivity contribution in [3.63, 3.8) is 0 Å². The van der Waals surface area contributed by atoms with Crippen LogP contribution in [0.5, 0.6) is 5.75 Å². The Morgan fingerprint density at radius 3 is 2.45 bits per heavy atom. The van der Waals surface area contributed by atoms with Gasteiger partial charge in [-0.25, -0.2) is 4.79 Å². The molecule has 3 aromatic rings. The van der Waals surface area contributed by atoms with Crippen molar-refractivity contribution >= 4 is 11.9 Å². The Hall–Kier alpha value is -3.64. The van der Waals surface area contributed by atoms with Gasteiger partial charge in [-0.05, 0) is 54.3 Å². The minimum atomic E-state index is -0.967. The first-order chi connectivity index (χ1) is 16.0. The fraction of sp³-hybridized carbons (Fsp3) is 0.259. The summed E-state index contributed by atoms with van der Waals surface area (Å²) < 4.78 is 5.88. The number of hydrogen-bond donors (Lipinski definition) is 2. The number of rotatable bonds is 8. The second kappa shape index (κ2) is 10.3. The summed E-state index contributed by atoms with van der Waals surface area (Å²) in [5, 5.41) is 12.2. The number of carbonyl (C=O) groups excluding carboxylic acids is 1. The average Bonchev–Trinajstić information content (AvgIpc) is 2.84. The second-order valence-corrected chi connectivity index (χ2v) is 8.21. The standard InChI is InChI=1S/C27H28N2O4/c1-19(20-11-13-22(14-12-20)27(31)32)28-26(30)25-24-10-6-5-7-21(24)15-16-29(25)17-18-33-23-8-3-2-4-9-23/h2-14,19,25H,15-18H2,1H3,(H,28,30)(H,31,32)/t19-,25+/m0/s1. The van der Waals surface area contributed by atoms with Crippen LogP contribution in [0.25, 0.3) is 0 Å². The number of hydrogen-bond acceptors (Lipinski definition) is 4. The zero-order valence-corrected chi connectivity index (χ0v) is 18.6. The van der Waals surface area contributed by atoms with Crippen LogP contribution in [0.1, 0.15) is 46.1 Å². The Labute approximate surface area is 193 Å². The number of ether oxygens (including phenoxy) is 1. The quantitative estimate of drug-likeness (QED) is 0.543. The summed E-state index contributed by atoms with van der Waals surface area (Å²) in [7, 11) is 0. The van der Waals surface area contributed by atoms with Crippen LogP contribution in [0.15, 0.2) is 78.9 Å². The minimum absolute atomic E-state index is 0.0725. The molecule has 0 aromatic heterocycles. The lowest BCUT2D eigenvalue weighted by Gasteiger charge is -2.36. The number of para-hydroxylation sites is 1. The van der Waals surface area contributed by atoms with E-state index in [-0.39, 0.29) is 17.5 Å². The van der Waals surface area contributed by atoms with Crippen LogP contribution in [-0.4, -0.2) is 41.6 Å². The molecule has 2 atom stereocenters. The predicted molar refractivity (Wildman–Crippen MR) is 126 cm³/mol. The molecule has 1 heterocycles. The molecule has 4 rings (SSSR count). The Kier molecular flexibility index (Phi) is 7.05. The summed E-state index contributed by atoms with van der Waals surface area (Å²) in [4.78, 5) is 26.8. The van der Waals surface area contributed by atoms with Gasteiger partial charge in [0, 0.05) is 13.1 Å². The monoisotopic (exact) mass is 444 g/mol. The largest absolute Gasteiger partial charge is 0.492 e. The molecule has 0 spiro atoms. The van der Waals surface area contributed by atoms with Gasteiger partial charge in [-0.1, -0.05) is 54.6 Å². The summed E-state index contributed by atoms with van der Waals surface area (Å²) in [6, 6.07) is 23.7. The van der Waals surface area contributed by atoms with Gasteiger partial charge in [-0.3, -0.25) is 9.69 Å². The molecule has 0 saturated heterocycles. The van der Waals surface area contributed by atoms with Crippen LogP contribution >= 0.6 is 0 Å². The number of nitrogens with zero attached hydrogens (tertiary/aromatic N) is 1. The highest BCUT2D eigenvalue weighted by Gasteiger charge is 2.33. The second-order valence-electron chi connectivity index (χ2n) is 8.21. The van der Waals surface area contributed by atoms with Crippen LogP contribution in [0.3, 0.4) is 0 Å². The third-order valence-electron chi connectivity index (χ3n) is 6.04. The molecule has 2 N–H and O–H groups in total. The van der Waals surface area contributed by atoms with Crippen molar-refractivity contribution in [2.24, 2.45) is 0 Å². The van der Waals surface area contributed by atoms with E-state index in [1.54, 1.807) is 24.3 Å². The lowest BCUT2D eigenvalue weighted by molar-refractivity contribution is -0.128. The number of carboxylic acid groups (broad SMARTS) is 1. The molecule has 1 aliphatic rings. The van der Waals surface area contributed by atoms with E-state index in [2.05, 4.69) is 16.3 Å². The summed E-state index contributed by atoms with van der Waals surface area (Å²) >= 11 is 0. The number of carbonyl (C=O) groups is 2. The molecule has 0 unspecified atom stereocenters. The van der Waals surface area contributed by atoms with E-state index in [1.807, 2.05) is 55.5 Å². The van der Waals surface area contributed by atoms with E-state index in [0.29, 0.717) is 13.2 Å². The van der Waals surface area contributed by atoms with Gasteiger partial charge >= 0.3 is 5.97 Å². The molecule has 0 radical (unpaired) electrons. The highest BCUT2D eigenvalue weighted by molar-refractivity contribution is 5.87. The molecule has 33 heavy (non-hydrogen) atoms. The van der Waals surface area contributed by atoms with Gasteiger partial charge in [0.2, 0.25) is 5.91 Å². The van der Waals surface area contributed by atoms with Gasteiger partial charge < -0.3 is 15.2 Å². The van der Waals surface area contributed by atoms with Gasteiger partial charge in [0.15, 0.2) is 0 Å². The van der Waals surface area contributed by atoms with Crippen molar-refractivity contribution in [3.8, 4) is 5.75 Å². The van der Waals surface area contributed by atoms with Gasteiger partial charge in [0.1, 0.15) is 18.4 Å². The Bertz CT molecular complexity index is 1100. The van der Waals surface area contributed by atoms with Crippen molar-refractivity contribution in [3.05, 3.63) is 101 Å². The number of fused-ring (bicyclic) bond motifs is 1. The molecule has 0 bridgehead atoms. The zero-order valence-electron chi connectivity index (χ0n) is 18.6.